The smallest absolute Gasteiger partial charge is 0.253 e. The Morgan fingerprint density at radius 2 is 1.79 bits per heavy atom. The van der Waals surface area contributed by atoms with Gasteiger partial charge in [-0.15, -0.1) is 0 Å². The molecular weight excluding hydrogens is 392 g/mol. The summed E-state index contributed by atoms with van der Waals surface area (Å²) in [6, 6.07) is 13.3. The summed E-state index contributed by atoms with van der Waals surface area (Å²) in [7, 11) is 0. The van der Waals surface area contributed by atoms with E-state index in [1.807, 2.05) is 19.9 Å². The highest BCUT2D eigenvalue weighted by atomic mass is 79.9. The standard InChI is InChI=1S/C18H18BrClN2O2/c1-11(2)16(18(24)21-13-7-5-6-12(20)10-13)22-17(23)14-8-3-4-9-15(14)19/h3-11,16H,1-2H3,(H,21,24)(H,22,23)/t16-/m0/s1. The van der Waals surface area contributed by atoms with Gasteiger partial charge >= 0.3 is 0 Å². The fourth-order valence-corrected chi connectivity index (χ4v) is 2.84. The Kier molecular flexibility index (Phi) is 6.40. The zero-order chi connectivity index (χ0) is 17.7. The Balaban J connectivity index is 2.13. The van der Waals surface area contributed by atoms with Crippen molar-refractivity contribution in [2.24, 2.45) is 5.92 Å². The van der Waals surface area contributed by atoms with E-state index < -0.39 is 6.04 Å². The number of rotatable bonds is 5. The second-order valence-corrected chi connectivity index (χ2v) is 6.97. The number of benzene rings is 2. The van der Waals surface area contributed by atoms with Crippen LogP contribution in [0, 0.1) is 5.92 Å². The number of amides is 2. The Bertz CT molecular complexity index is 749. The summed E-state index contributed by atoms with van der Waals surface area (Å²) in [5.41, 5.74) is 1.08. The van der Waals surface area contributed by atoms with Crippen molar-refractivity contribution in [2.45, 2.75) is 19.9 Å². The van der Waals surface area contributed by atoms with Gasteiger partial charge < -0.3 is 10.6 Å². The first-order valence-electron chi connectivity index (χ1n) is 7.50. The quantitative estimate of drug-likeness (QED) is 0.764. The number of hydrogen-bond acceptors (Lipinski definition) is 2. The summed E-state index contributed by atoms with van der Waals surface area (Å²) in [5, 5.41) is 6.11. The zero-order valence-corrected chi connectivity index (χ0v) is 15.7. The molecule has 0 aliphatic heterocycles. The van der Waals surface area contributed by atoms with Crippen LogP contribution in [0.15, 0.2) is 53.0 Å². The summed E-state index contributed by atoms with van der Waals surface area (Å²) in [6.07, 6.45) is 0. The van der Waals surface area contributed by atoms with Crippen LogP contribution in [-0.4, -0.2) is 17.9 Å². The number of anilines is 1. The second kappa shape index (κ2) is 8.31. The van der Waals surface area contributed by atoms with Crippen molar-refractivity contribution >= 4 is 45.0 Å². The van der Waals surface area contributed by atoms with Gasteiger partial charge in [-0.25, -0.2) is 0 Å². The zero-order valence-electron chi connectivity index (χ0n) is 13.3. The molecule has 0 aliphatic rings. The average Bonchev–Trinajstić information content (AvgIpc) is 2.52. The lowest BCUT2D eigenvalue weighted by Crippen LogP contribution is -2.47. The number of nitrogens with one attached hydrogen (secondary N) is 2. The molecule has 0 fully saturated rings. The number of hydrogen-bond donors (Lipinski definition) is 2. The van der Waals surface area contributed by atoms with E-state index in [-0.39, 0.29) is 17.7 Å². The van der Waals surface area contributed by atoms with E-state index in [1.54, 1.807) is 42.5 Å². The van der Waals surface area contributed by atoms with Gasteiger partial charge in [0.25, 0.3) is 5.91 Å². The third kappa shape index (κ3) is 4.82. The highest BCUT2D eigenvalue weighted by molar-refractivity contribution is 9.10. The van der Waals surface area contributed by atoms with Gasteiger partial charge in [-0.1, -0.05) is 43.6 Å². The monoisotopic (exact) mass is 408 g/mol. The second-order valence-electron chi connectivity index (χ2n) is 5.67. The van der Waals surface area contributed by atoms with Crippen LogP contribution < -0.4 is 10.6 Å². The lowest BCUT2D eigenvalue weighted by Gasteiger charge is -2.22. The number of carbonyl (C=O) groups excluding carboxylic acids is 2. The largest absolute Gasteiger partial charge is 0.340 e. The molecule has 0 spiro atoms. The molecule has 24 heavy (non-hydrogen) atoms. The van der Waals surface area contributed by atoms with E-state index in [1.165, 1.54) is 0 Å². The third-order valence-corrected chi connectivity index (χ3v) is 4.37. The predicted molar refractivity (Wildman–Crippen MR) is 100 cm³/mol. The van der Waals surface area contributed by atoms with E-state index in [0.717, 1.165) is 0 Å². The van der Waals surface area contributed by atoms with Crippen molar-refractivity contribution in [3.8, 4) is 0 Å². The first-order valence-corrected chi connectivity index (χ1v) is 8.67. The minimum absolute atomic E-state index is 0.0735. The Hall–Kier alpha value is -1.85. The minimum Gasteiger partial charge on any atom is -0.340 e. The summed E-state index contributed by atoms with van der Waals surface area (Å²) < 4.78 is 0.681. The molecule has 0 aliphatic carbocycles. The molecule has 0 heterocycles. The Morgan fingerprint density at radius 3 is 2.42 bits per heavy atom. The lowest BCUT2D eigenvalue weighted by atomic mass is 10.0. The van der Waals surface area contributed by atoms with Gasteiger partial charge in [0.15, 0.2) is 0 Å². The van der Waals surface area contributed by atoms with Crippen LogP contribution in [0.25, 0.3) is 0 Å². The van der Waals surface area contributed by atoms with Crippen molar-refractivity contribution in [1.82, 2.24) is 5.32 Å². The Morgan fingerprint density at radius 1 is 1.08 bits per heavy atom. The van der Waals surface area contributed by atoms with Crippen LogP contribution in [0.1, 0.15) is 24.2 Å². The summed E-state index contributed by atoms with van der Waals surface area (Å²) in [5.74, 6) is -0.661. The van der Waals surface area contributed by atoms with Crippen LogP contribution in [0.2, 0.25) is 5.02 Å². The van der Waals surface area contributed by atoms with E-state index in [9.17, 15) is 9.59 Å². The van der Waals surface area contributed by atoms with Crippen molar-refractivity contribution in [2.75, 3.05) is 5.32 Å². The normalized spacial score (nSPS) is 11.9. The van der Waals surface area contributed by atoms with Crippen LogP contribution in [-0.2, 0) is 4.79 Å². The molecule has 0 radical (unpaired) electrons. The highest BCUT2D eigenvalue weighted by Crippen LogP contribution is 2.18. The van der Waals surface area contributed by atoms with E-state index in [0.29, 0.717) is 20.7 Å². The van der Waals surface area contributed by atoms with Gasteiger partial charge in [0.05, 0.1) is 5.56 Å². The molecule has 2 aromatic carbocycles. The molecule has 2 rings (SSSR count). The van der Waals surface area contributed by atoms with Gasteiger partial charge in [0.2, 0.25) is 5.91 Å². The average molecular weight is 410 g/mol. The molecule has 1 atom stereocenters. The molecule has 0 unspecified atom stereocenters. The third-order valence-electron chi connectivity index (χ3n) is 3.45. The molecule has 6 heteroatoms. The van der Waals surface area contributed by atoms with Crippen LogP contribution in [0.4, 0.5) is 5.69 Å². The van der Waals surface area contributed by atoms with Gasteiger partial charge in [-0.05, 0) is 52.2 Å². The van der Waals surface area contributed by atoms with Crippen LogP contribution in [0.3, 0.4) is 0 Å². The SMILES string of the molecule is CC(C)[C@H](NC(=O)c1ccccc1Br)C(=O)Nc1cccc(Cl)c1. The van der Waals surface area contributed by atoms with E-state index >= 15 is 0 Å². The molecule has 2 amide bonds. The molecule has 2 aromatic rings. The summed E-state index contributed by atoms with van der Waals surface area (Å²) >= 11 is 9.27. The molecule has 0 saturated carbocycles. The summed E-state index contributed by atoms with van der Waals surface area (Å²) in [4.78, 5) is 25.0. The first-order chi connectivity index (χ1) is 11.4. The van der Waals surface area contributed by atoms with Crippen molar-refractivity contribution in [3.05, 3.63) is 63.6 Å². The van der Waals surface area contributed by atoms with Gasteiger partial charge in [-0.2, -0.15) is 0 Å². The van der Waals surface area contributed by atoms with Crippen LogP contribution >= 0.6 is 27.5 Å². The van der Waals surface area contributed by atoms with Crippen LogP contribution in [0.5, 0.6) is 0 Å². The maximum Gasteiger partial charge on any atom is 0.253 e. The van der Waals surface area contributed by atoms with Gasteiger partial charge in [0.1, 0.15) is 6.04 Å². The minimum atomic E-state index is -0.663. The fourth-order valence-electron chi connectivity index (χ4n) is 2.19. The van der Waals surface area contributed by atoms with Crippen molar-refractivity contribution in [3.63, 3.8) is 0 Å². The topological polar surface area (TPSA) is 58.2 Å². The van der Waals surface area contributed by atoms with E-state index in [2.05, 4.69) is 26.6 Å². The molecule has 0 aromatic heterocycles. The first kappa shape index (κ1) is 18.5. The molecule has 0 bridgehead atoms. The van der Waals surface area contributed by atoms with Crippen molar-refractivity contribution < 1.29 is 9.59 Å². The predicted octanol–water partition coefficient (Wildman–Crippen LogP) is 4.50. The summed E-state index contributed by atoms with van der Waals surface area (Å²) in [6.45, 7) is 3.76. The number of carbonyl (C=O) groups is 2. The molecule has 4 nitrogen and oxygen atoms in total. The maximum absolute atomic E-state index is 12.5. The molecule has 126 valence electrons. The van der Waals surface area contributed by atoms with Gasteiger partial charge in [-0.3, -0.25) is 9.59 Å². The highest BCUT2D eigenvalue weighted by Gasteiger charge is 2.25. The maximum atomic E-state index is 12.5. The molecular formula is C18H18BrClN2O2. The number of halogens is 2. The Labute approximate surface area is 154 Å². The fraction of sp³-hybridized carbons (Fsp3) is 0.222. The molecule has 0 saturated heterocycles. The lowest BCUT2D eigenvalue weighted by molar-refractivity contribution is -0.118. The van der Waals surface area contributed by atoms with Crippen molar-refractivity contribution in [1.29, 1.82) is 0 Å². The molecule has 2 N–H and O–H groups in total. The van der Waals surface area contributed by atoms with Gasteiger partial charge in [0, 0.05) is 15.2 Å². The van der Waals surface area contributed by atoms with E-state index in [4.69, 9.17) is 11.6 Å².